The van der Waals surface area contributed by atoms with Gasteiger partial charge >= 0.3 is 0 Å². The zero-order valence-corrected chi connectivity index (χ0v) is 22.4. The fraction of sp³-hybridized carbons (Fsp3) is 0.105. The van der Waals surface area contributed by atoms with Crippen molar-refractivity contribution in [1.82, 2.24) is 0 Å². The lowest BCUT2D eigenvalue weighted by molar-refractivity contribution is -0.688. The van der Waals surface area contributed by atoms with Gasteiger partial charge in [-0.25, -0.2) is 9.13 Å². The monoisotopic (exact) mass is 514 g/mol. The molecule has 40 heavy (non-hydrogen) atoms. The number of rotatable bonds is 5. The van der Waals surface area contributed by atoms with E-state index in [9.17, 15) is 0 Å². The third-order valence-electron chi connectivity index (χ3n) is 8.51. The Kier molecular flexibility index (Phi) is 5.44. The molecule has 2 aromatic heterocycles. The Bertz CT molecular complexity index is 1980. The van der Waals surface area contributed by atoms with Gasteiger partial charge in [-0.1, -0.05) is 72.8 Å². The number of aromatic nitrogens is 2. The molecule has 2 aliphatic rings. The molecular formula is C38H30N2+2. The molecule has 0 N–H and O–H groups in total. The van der Waals surface area contributed by atoms with Crippen LogP contribution in [0.5, 0.6) is 0 Å². The van der Waals surface area contributed by atoms with Gasteiger partial charge in [-0.3, -0.25) is 0 Å². The summed E-state index contributed by atoms with van der Waals surface area (Å²) in [5.74, 6) is 0. The molecule has 4 aromatic carbocycles. The number of hydrogen-bond acceptors (Lipinski definition) is 0. The highest BCUT2D eigenvalue weighted by Crippen LogP contribution is 2.31. The van der Waals surface area contributed by atoms with Crippen molar-refractivity contribution < 1.29 is 9.13 Å². The highest BCUT2D eigenvalue weighted by atomic mass is 14.9. The highest BCUT2D eigenvalue weighted by Gasteiger charge is 2.15. The number of nitrogens with zero attached hydrogens (tertiary/aromatic N) is 2. The summed E-state index contributed by atoms with van der Waals surface area (Å²) in [6, 6.07) is 31.6. The topological polar surface area (TPSA) is 7.76 Å². The summed E-state index contributed by atoms with van der Waals surface area (Å²) in [5, 5.41) is 5.54. The van der Waals surface area contributed by atoms with Crippen LogP contribution in [-0.4, -0.2) is 0 Å². The summed E-state index contributed by atoms with van der Waals surface area (Å²) in [4.78, 5) is 0. The Morgan fingerprint density at radius 1 is 0.550 bits per heavy atom. The number of benzene rings is 4. The first kappa shape index (κ1) is 23.1. The molecule has 8 rings (SSSR count). The molecule has 0 aliphatic heterocycles. The average molecular weight is 515 g/mol. The minimum atomic E-state index is 0.861. The van der Waals surface area contributed by atoms with Gasteiger partial charge < -0.3 is 0 Å². The maximum absolute atomic E-state index is 2.35. The molecule has 0 saturated carbocycles. The summed E-state index contributed by atoms with van der Waals surface area (Å²) in [7, 11) is 0. The summed E-state index contributed by atoms with van der Waals surface area (Å²) in [6.45, 7) is 1.73. The van der Waals surface area contributed by atoms with E-state index in [1.165, 1.54) is 66.1 Å². The second-order valence-electron chi connectivity index (χ2n) is 11.1. The molecule has 6 aromatic rings. The van der Waals surface area contributed by atoms with Crippen LogP contribution in [0.3, 0.4) is 0 Å². The van der Waals surface area contributed by atoms with Gasteiger partial charge in [0, 0.05) is 35.4 Å². The second kappa shape index (κ2) is 9.43. The fourth-order valence-electron chi connectivity index (χ4n) is 6.56. The molecule has 0 atom stereocenters. The zero-order chi connectivity index (χ0) is 26.5. The van der Waals surface area contributed by atoms with Crippen molar-refractivity contribution in [2.45, 2.75) is 25.9 Å². The smallest absolute Gasteiger partial charge is 0.174 e. The van der Waals surface area contributed by atoms with E-state index >= 15 is 0 Å². The van der Waals surface area contributed by atoms with Crippen LogP contribution in [0.25, 0.3) is 44.8 Å². The maximum atomic E-state index is 2.35. The van der Waals surface area contributed by atoms with E-state index in [0.717, 1.165) is 25.9 Å². The van der Waals surface area contributed by atoms with E-state index in [4.69, 9.17) is 0 Å². The normalized spacial score (nSPS) is 13.3. The molecule has 0 bridgehead atoms. The van der Waals surface area contributed by atoms with E-state index < -0.39 is 0 Å². The van der Waals surface area contributed by atoms with Crippen LogP contribution in [0.2, 0.25) is 0 Å². The van der Waals surface area contributed by atoms with Crippen LogP contribution >= 0.6 is 0 Å². The number of hydrogen-bond donors (Lipinski definition) is 0. The zero-order valence-electron chi connectivity index (χ0n) is 22.4. The highest BCUT2D eigenvalue weighted by molar-refractivity contribution is 5.97. The summed E-state index contributed by atoms with van der Waals surface area (Å²) in [5.41, 5.74) is 10.7. The quantitative estimate of drug-likeness (QED) is 0.211. The molecule has 2 heteroatoms. The van der Waals surface area contributed by atoms with Crippen molar-refractivity contribution in [2.24, 2.45) is 0 Å². The van der Waals surface area contributed by atoms with Gasteiger partial charge in [0.1, 0.15) is 0 Å². The van der Waals surface area contributed by atoms with Crippen molar-refractivity contribution >= 4 is 33.7 Å². The first-order chi connectivity index (χ1) is 19.8. The Hall–Kier alpha value is -4.82. The standard InChI is InChI=1S/C38H30N2/c1-7-31-9-4-12-36-35(14-13-32(8-1)38(31)36)26-40-21-17-29(18-22-40)28-15-19-39(20-16-28)25-27-23-33-10-2-5-30-6-3-11-34(24-27)37(30)33/h1-5,7,9-24H,6,8,25-26H2/q+2. The summed E-state index contributed by atoms with van der Waals surface area (Å²) >= 11 is 0. The molecule has 0 spiro atoms. The van der Waals surface area contributed by atoms with Crippen LogP contribution in [0.4, 0.5) is 0 Å². The molecule has 2 heterocycles. The third kappa shape index (κ3) is 4.04. The van der Waals surface area contributed by atoms with E-state index in [1.54, 1.807) is 0 Å². The third-order valence-corrected chi connectivity index (χ3v) is 8.51. The molecule has 2 aliphatic carbocycles. The summed E-state index contributed by atoms with van der Waals surface area (Å²) < 4.78 is 4.55. The van der Waals surface area contributed by atoms with Gasteiger partial charge in [-0.15, -0.1) is 0 Å². The molecule has 0 amide bonds. The molecular weight excluding hydrogens is 484 g/mol. The van der Waals surface area contributed by atoms with Gasteiger partial charge in [-0.05, 0) is 79.9 Å². The predicted molar refractivity (Wildman–Crippen MR) is 164 cm³/mol. The Labute approximate surface area is 234 Å². The lowest BCUT2D eigenvalue weighted by atomic mass is 9.90. The Balaban J connectivity index is 1.01. The first-order valence-corrected chi connectivity index (χ1v) is 14.2. The van der Waals surface area contributed by atoms with E-state index in [1.807, 2.05) is 0 Å². The Morgan fingerprint density at radius 2 is 1.23 bits per heavy atom. The molecule has 0 fully saturated rings. The van der Waals surface area contributed by atoms with Gasteiger partial charge in [0.2, 0.25) is 0 Å². The van der Waals surface area contributed by atoms with Gasteiger partial charge in [-0.2, -0.15) is 0 Å². The van der Waals surface area contributed by atoms with Crippen LogP contribution in [0, 0.1) is 0 Å². The lowest BCUT2D eigenvalue weighted by Gasteiger charge is -2.14. The van der Waals surface area contributed by atoms with Crippen LogP contribution < -0.4 is 9.13 Å². The lowest BCUT2D eigenvalue weighted by Crippen LogP contribution is -2.33. The summed E-state index contributed by atoms with van der Waals surface area (Å²) in [6.07, 6.45) is 19.9. The fourth-order valence-corrected chi connectivity index (χ4v) is 6.56. The number of pyridine rings is 2. The van der Waals surface area contributed by atoms with Crippen molar-refractivity contribution in [3.05, 3.63) is 155 Å². The molecule has 0 saturated heterocycles. The van der Waals surface area contributed by atoms with E-state index in [2.05, 4.69) is 143 Å². The molecule has 0 radical (unpaired) electrons. The average Bonchev–Trinajstić information content (AvgIpc) is 3.00. The van der Waals surface area contributed by atoms with Gasteiger partial charge in [0.15, 0.2) is 37.9 Å². The first-order valence-electron chi connectivity index (χ1n) is 14.2. The molecule has 190 valence electrons. The van der Waals surface area contributed by atoms with E-state index in [-0.39, 0.29) is 0 Å². The second-order valence-corrected chi connectivity index (χ2v) is 11.1. The predicted octanol–water partition coefficient (Wildman–Crippen LogP) is 7.47. The van der Waals surface area contributed by atoms with Crippen molar-refractivity contribution in [3.63, 3.8) is 0 Å². The minimum Gasteiger partial charge on any atom is -0.201 e. The minimum absolute atomic E-state index is 0.861. The van der Waals surface area contributed by atoms with Crippen LogP contribution in [0.1, 0.15) is 33.4 Å². The molecule has 2 nitrogen and oxygen atoms in total. The van der Waals surface area contributed by atoms with Crippen molar-refractivity contribution in [2.75, 3.05) is 0 Å². The van der Waals surface area contributed by atoms with Gasteiger partial charge in [0.25, 0.3) is 0 Å². The van der Waals surface area contributed by atoms with Crippen LogP contribution in [0.15, 0.2) is 122 Å². The Morgan fingerprint density at radius 3 is 2.00 bits per heavy atom. The van der Waals surface area contributed by atoms with Crippen molar-refractivity contribution in [1.29, 1.82) is 0 Å². The van der Waals surface area contributed by atoms with Crippen molar-refractivity contribution in [3.8, 4) is 11.1 Å². The maximum Gasteiger partial charge on any atom is 0.174 e. The van der Waals surface area contributed by atoms with Gasteiger partial charge in [0.05, 0.1) is 0 Å². The largest absolute Gasteiger partial charge is 0.201 e. The SMILES string of the molecule is C1=Cc2cc(C[n+]3ccc(-c4cc[n+](Cc5ccc6c7c(cccc57)C=CC6)cc4)cc3)cc3cccc(c23)C1. The molecule has 0 unspecified atom stereocenters. The number of allylic oxidation sites excluding steroid dienone is 2. The van der Waals surface area contributed by atoms with E-state index in [0.29, 0.717) is 0 Å². The van der Waals surface area contributed by atoms with Crippen LogP contribution in [-0.2, 0) is 25.9 Å².